The van der Waals surface area contributed by atoms with Gasteiger partial charge in [-0.05, 0) is 43.4 Å². The van der Waals surface area contributed by atoms with Gasteiger partial charge in [0.2, 0.25) is 5.91 Å². The summed E-state index contributed by atoms with van der Waals surface area (Å²) in [6, 6.07) is 5.97. The number of nitrogens with two attached hydrogens (primary N) is 1. The molecule has 2 N–H and O–H groups in total. The standard InChI is InChI=1S/C20H27F2N3O3/c1-20(12-23)8-10-25(13-20)17(26)14-5-4-9-24(11-14)18(27)15-6-2-3-7-16(15)28-19(21)22/h2-3,6-7,14,19H,4-5,8-13,23H2,1H3. The quantitative estimate of drug-likeness (QED) is 0.830. The van der Waals surface area contributed by atoms with E-state index in [4.69, 9.17) is 5.73 Å². The molecule has 0 aliphatic carbocycles. The molecule has 2 saturated heterocycles. The van der Waals surface area contributed by atoms with E-state index in [0.29, 0.717) is 39.0 Å². The molecule has 2 fully saturated rings. The number of alkyl halides is 2. The van der Waals surface area contributed by atoms with Gasteiger partial charge in [0.25, 0.3) is 5.91 Å². The monoisotopic (exact) mass is 395 g/mol. The SMILES string of the molecule is CC1(CN)CCN(C(=O)C2CCCN(C(=O)c3ccccc3OC(F)F)C2)C1. The predicted molar refractivity (Wildman–Crippen MR) is 100 cm³/mol. The van der Waals surface area contributed by atoms with Crippen LogP contribution in [0.25, 0.3) is 0 Å². The molecule has 0 radical (unpaired) electrons. The van der Waals surface area contributed by atoms with E-state index in [-0.39, 0.29) is 41.0 Å². The number of hydrogen-bond acceptors (Lipinski definition) is 4. The lowest BCUT2D eigenvalue weighted by Gasteiger charge is -2.34. The number of halogens is 2. The zero-order valence-electron chi connectivity index (χ0n) is 16.1. The van der Waals surface area contributed by atoms with Gasteiger partial charge in [0.1, 0.15) is 5.75 Å². The van der Waals surface area contributed by atoms with Gasteiger partial charge in [0.05, 0.1) is 11.5 Å². The fourth-order valence-electron chi connectivity index (χ4n) is 4.01. The Morgan fingerprint density at radius 3 is 2.71 bits per heavy atom. The third-order valence-corrected chi connectivity index (χ3v) is 5.75. The van der Waals surface area contributed by atoms with Gasteiger partial charge in [-0.15, -0.1) is 0 Å². The molecule has 0 saturated carbocycles. The lowest BCUT2D eigenvalue weighted by atomic mass is 9.90. The Hall–Kier alpha value is -2.22. The Morgan fingerprint density at radius 1 is 1.29 bits per heavy atom. The number of benzene rings is 1. The van der Waals surface area contributed by atoms with Crippen molar-refractivity contribution in [3.05, 3.63) is 29.8 Å². The molecule has 2 atom stereocenters. The molecule has 154 valence electrons. The van der Waals surface area contributed by atoms with Crippen LogP contribution in [0.4, 0.5) is 8.78 Å². The zero-order valence-corrected chi connectivity index (χ0v) is 16.1. The number of amides is 2. The fourth-order valence-corrected chi connectivity index (χ4v) is 4.01. The van der Waals surface area contributed by atoms with E-state index < -0.39 is 6.61 Å². The van der Waals surface area contributed by atoms with Crippen molar-refractivity contribution in [2.75, 3.05) is 32.7 Å². The fraction of sp³-hybridized carbons (Fsp3) is 0.600. The van der Waals surface area contributed by atoms with Crippen molar-refractivity contribution < 1.29 is 23.1 Å². The minimum atomic E-state index is -3.00. The maximum atomic E-state index is 12.9. The van der Waals surface area contributed by atoms with Crippen molar-refractivity contribution >= 4 is 11.8 Å². The van der Waals surface area contributed by atoms with Crippen molar-refractivity contribution in [3.8, 4) is 5.75 Å². The van der Waals surface area contributed by atoms with E-state index in [1.54, 1.807) is 17.0 Å². The summed E-state index contributed by atoms with van der Waals surface area (Å²) in [5.41, 5.74) is 5.87. The number of nitrogens with zero attached hydrogens (tertiary/aromatic N) is 2. The first-order valence-corrected chi connectivity index (χ1v) is 9.65. The van der Waals surface area contributed by atoms with E-state index in [9.17, 15) is 18.4 Å². The number of carbonyl (C=O) groups excluding carboxylic acids is 2. The number of rotatable bonds is 5. The number of para-hydroxylation sites is 1. The van der Waals surface area contributed by atoms with E-state index in [1.165, 1.54) is 12.1 Å². The van der Waals surface area contributed by atoms with Gasteiger partial charge < -0.3 is 20.3 Å². The van der Waals surface area contributed by atoms with E-state index >= 15 is 0 Å². The Kier molecular flexibility index (Phi) is 6.17. The van der Waals surface area contributed by atoms with Gasteiger partial charge in [0.15, 0.2) is 0 Å². The Labute approximate surface area is 163 Å². The molecule has 2 aliphatic rings. The summed E-state index contributed by atoms with van der Waals surface area (Å²) in [5.74, 6) is -0.760. The molecule has 0 spiro atoms. The third kappa shape index (κ3) is 4.43. The van der Waals surface area contributed by atoms with Crippen LogP contribution in [0.2, 0.25) is 0 Å². The molecule has 2 heterocycles. The molecule has 1 aromatic carbocycles. The van der Waals surface area contributed by atoms with Crippen LogP contribution < -0.4 is 10.5 Å². The molecular weight excluding hydrogens is 368 g/mol. The van der Waals surface area contributed by atoms with E-state index in [2.05, 4.69) is 11.7 Å². The average Bonchev–Trinajstić information content (AvgIpc) is 3.10. The third-order valence-electron chi connectivity index (χ3n) is 5.75. The van der Waals surface area contributed by atoms with Gasteiger partial charge >= 0.3 is 6.61 Å². The Morgan fingerprint density at radius 2 is 2.04 bits per heavy atom. The van der Waals surface area contributed by atoms with Crippen LogP contribution >= 0.6 is 0 Å². The minimum Gasteiger partial charge on any atom is -0.434 e. The maximum absolute atomic E-state index is 12.9. The number of piperidine rings is 1. The number of carbonyl (C=O) groups is 2. The van der Waals surface area contributed by atoms with Crippen molar-refractivity contribution in [3.63, 3.8) is 0 Å². The van der Waals surface area contributed by atoms with Gasteiger partial charge in [-0.3, -0.25) is 9.59 Å². The van der Waals surface area contributed by atoms with Crippen molar-refractivity contribution in [1.29, 1.82) is 0 Å². The molecule has 1 aromatic rings. The molecule has 2 aliphatic heterocycles. The van der Waals surface area contributed by atoms with E-state index in [1.807, 2.05) is 4.90 Å². The van der Waals surface area contributed by atoms with Gasteiger partial charge in [-0.1, -0.05) is 19.1 Å². The predicted octanol–water partition coefficient (Wildman–Crippen LogP) is 2.34. The minimum absolute atomic E-state index is 0.0480. The summed E-state index contributed by atoms with van der Waals surface area (Å²) in [6.07, 6.45) is 2.29. The summed E-state index contributed by atoms with van der Waals surface area (Å²) >= 11 is 0. The highest BCUT2D eigenvalue weighted by atomic mass is 19.3. The lowest BCUT2D eigenvalue weighted by molar-refractivity contribution is -0.136. The summed E-state index contributed by atoms with van der Waals surface area (Å²) < 4.78 is 29.7. The van der Waals surface area contributed by atoms with Gasteiger partial charge in [-0.25, -0.2) is 0 Å². The molecule has 0 aromatic heterocycles. The van der Waals surface area contributed by atoms with E-state index in [0.717, 1.165) is 6.42 Å². The Bertz CT molecular complexity index is 730. The molecule has 6 nitrogen and oxygen atoms in total. The average molecular weight is 395 g/mol. The molecule has 2 amide bonds. The van der Waals surface area contributed by atoms with Crippen molar-refractivity contribution in [2.24, 2.45) is 17.1 Å². The van der Waals surface area contributed by atoms with Gasteiger partial charge in [0, 0.05) is 26.2 Å². The first-order chi connectivity index (χ1) is 13.3. The second kappa shape index (κ2) is 8.43. The number of hydrogen-bond donors (Lipinski definition) is 1. The normalized spacial score (nSPS) is 25.2. The second-order valence-corrected chi connectivity index (χ2v) is 7.99. The Balaban J connectivity index is 1.68. The second-order valence-electron chi connectivity index (χ2n) is 7.99. The first-order valence-electron chi connectivity index (χ1n) is 9.65. The van der Waals surface area contributed by atoms with Crippen molar-refractivity contribution in [2.45, 2.75) is 32.8 Å². The lowest BCUT2D eigenvalue weighted by Crippen LogP contribution is -2.47. The summed E-state index contributed by atoms with van der Waals surface area (Å²) in [5, 5.41) is 0. The van der Waals surface area contributed by atoms with Crippen LogP contribution in [0, 0.1) is 11.3 Å². The first kappa shape index (κ1) is 20.5. The molecule has 8 heteroatoms. The molecular formula is C20H27F2N3O3. The van der Waals surface area contributed by atoms with Crippen LogP contribution in [-0.4, -0.2) is 60.9 Å². The summed E-state index contributed by atoms with van der Waals surface area (Å²) in [4.78, 5) is 29.3. The number of likely N-dealkylation sites (tertiary alicyclic amines) is 2. The molecule has 0 bridgehead atoms. The van der Waals surface area contributed by atoms with Crippen LogP contribution in [0.3, 0.4) is 0 Å². The number of ether oxygens (including phenoxy) is 1. The highest BCUT2D eigenvalue weighted by Gasteiger charge is 2.39. The largest absolute Gasteiger partial charge is 0.434 e. The van der Waals surface area contributed by atoms with Crippen LogP contribution in [0.1, 0.15) is 36.5 Å². The van der Waals surface area contributed by atoms with Crippen molar-refractivity contribution in [1.82, 2.24) is 9.80 Å². The summed E-state index contributed by atoms with van der Waals surface area (Å²) in [7, 11) is 0. The van der Waals surface area contributed by atoms with Gasteiger partial charge in [-0.2, -0.15) is 8.78 Å². The van der Waals surface area contributed by atoms with Crippen LogP contribution in [0.5, 0.6) is 5.75 Å². The summed E-state index contributed by atoms with van der Waals surface area (Å²) in [6.45, 7) is 1.71. The van der Waals surface area contributed by atoms with Crippen LogP contribution in [-0.2, 0) is 4.79 Å². The smallest absolute Gasteiger partial charge is 0.387 e. The molecule has 3 rings (SSSR count). The highest BCUT2D eigenvalue weighted by molar-refractivity contribution is 5.97. The topological polar surface area (TPSA) is 75.9 Å². The molecule has 2 unspecified atom stereocenters. The van der Waals surface area contributed by atoms with Crippen LogP contribution in [0.15, 0.2) is 24.3 Å². The highest BCUT2D eigenvalue weighted by Crippen LogP contribution is 2.31. The molecule has 28 heavy (non-hydrogen) atoms. The maximum Gasteiger partial charge on any atom is 0.387 e. The zero-order chi connectivity index (χ0) is 20.3.